The van der Waals surface area contributed by atoms with Crippen LogP contribution in [0, 0.1) is 13.8 Å². The molecule has 3 heterocycles. The summed E-state index contributed by atoms with van der Waals surface area (Å²) in [4.78, 5) is 23.2. The second-order valence-electron chi connectivity index (χ2n) is 6.71. The van der Waals surface area contributed by atoms with E-state index in [1.807, 2.05) is 5.38 Å². The molecule has 0 saturated carbocycles. The zero-order valence-electron chi connectivity index (χ0n) is 16.6. The highest BCUT2D eigenvalue weighted by Crippen LogP contribution is 2.34. The first-order valence-corrected chi connectivity index (χ1v) is 11.5. The van der Waals surface area contributed by atoms with Crippen LogP contribution < -0.4 is 5.56 Å². The molecule has 0 amide bonds. The van der Waals surface area contributed by atoms with E-state index in [1.54, 1.807) is 18.7 Å². The fraction of sp³-hybridized carbons (Fsp3) is 0.300. The number of hydrogen-bond donors (Lipinski definition) is 0. The Kier molecular flexibility index (Phi) is 5.82. The van der Waals surface area contributed by atoms with Gasteiger partial charge < -0.3 is 4.74 Å². The van der Waals surface area contributed by atoms with Crippen LogP contribution in [-0.4, -0.2) is 32.6 Å². The van der Waals surface area contributed by atoms with Gasteiger partial charge in [0, 0.05) is 31.5 Å². The van der Waals surface area contributed by atoms with Crippen LogP contribution >= 0.6 is 34.6 Å². The third kappa shape index (κ3) is 4.00. The summed E-state index contributed by atoms with van der Waals surface area (Å²) in [7, 11) is 3.41. The van der Waals surface area contributed by atoms with Gasteiger partial charge in [-0.1, -0.05) is 18.2 Å². The summed E-state index contributed by atoms with van der Waals surface area (Å²) >= 11 is 4.18. The molecule has 3 aromatic heterocycles. The van der Waals surface area contributed by atoms with E-state index in [-0.39, 0.29) is 5.56 Å². The highest BCUT2D eigenvalue weighted by atomic mass is 32.2. The molecule has 4 aromatic rings. The minimum Gasteiger partial charge on any atom is -0.384 e. The molecule has 1 aromatic carbocycles. The van der Waals surface area contributed by atoms with Crippen LogP contribution in [0.15, 0.2) is 37.9 Å². The highest BCUT2D eigenvalue weighted by molar-refractivity contribution is 8.00. The Labute approximate surface area is 180 Å². The molecule has 0 spiro atoms. The van der Waals surface area contributed by atoms with Crippen LogP contribution in [0.25, 0.3) is 21.3 Å². The number of fused-ring (bicyclic) bond motifs is 1. The predicted molar refractivity (Wildman–Crippen MR) is 119 cm³/mol. The van der Waals surface area contributed by atoms with E-state index in [0.29, 0.717) is 23.6 Å². The molecule has 0 aliphatic heterocycles. The molecule has 0 N–H and O–H groups in total. The summed E-state index contributed by atoms with van der Waals surface area (Å²) in [5.41, 5.74) is 4.39. The van der Waals surface area contributed by atoms with E-state index < -0.39 is 0 Å². The first kappa shape index (κ1) is 20.2. The van der Waals surface area contributed by atoms with Gasteiger partial charge in [0.05, 0.1) is 12.0 Å². The summed E-state index contributed by atoms with van der Waals surface area (Å²) < 4.78 is 11.8. The van der Waals surface area contributed by atoms with Gasteiger partial charge in [-0.05, 0) is 53.8 Å². The average Bonchev–Trinajstić information content (AvgIpc) is 3.33. The number of rotatable bonds is 6. The minimum absolute atomic E-state index is 0.0453. The number of benzene rings is 1. The molecule has 6 nitrogen and oxygen atoms in total. The largest absolute Gasteiger partial charge is 0.384 e. The van der Waals surface area contributed by atoms with Gasteiger partial charge in [0.2, 0.25) is 0 Å². The molecular weight excluding hydrogens is 424 g/mol. The van der Waals surface area contributed by atoms with Crippen molar-refractivity contribution in [1.29, 1.82) is 0 Å². The summed E-state index contributed by atoms with van der Waals surface area (Å²) in [5.74, 6) is 0.749. The van der Waals surface area contributed by atoms with E-state index in [9.17, 15) is 4.79 Å². The van der Waals surface area contributed by atoms with Crippen LogP contribution in [0.3, 0.4) is 0 Å². The first-order chi connectivity index (χ1) is 14.0. The fourth-order valence-electron chi connectivity index (χ4n) is 2.92. The standard InChI is InChI=1S/C20H20N4O2S3/c1-11-5-6-13(9-12(11)2)14-10-27-17-16(14)18(25)24(3)19(22-17)28-20-21-15(23-29-20)7-8-26-4/h5-6,9-10H,7-8H2,1-4H3. The number of aryl methyl sites for hydroxylation is 2. The first-order valence-electron chi connectivity index (χ1n) is 9.03. The maximum absolute atomic E-state index is 13.2. The minimum atomic E-state index is -0.0453. The summed E-state index contributed by atoms with van der Waals surface area (Å²) in [6, 6.07) is 6.28. The molecule has 4 rings (SSSR count). The van der Waals surface area contributed by atoms with Crippen LogP contribution in [0.1, 0.15) is 17.0 Å². The van der Waals surface area contributed by atoms with E-state index in [0.717, 1.165) is 26.1 Å². The van der Waals surface area contributed by atoms with Gasteiger partial charge in [-0.2, -0.15) is 4.37 Å². The summed E-state index contributed by atoms with van der Waals surface area (Å²) in [6.45, 7) is 4.75. The van der Waals surface area contributed by atoms with Crippen molar-refractivity contribution in [1.82, 2.24) is 18.9 Å². The molecule has 150 valence electrons. The molecule has 0 aliphatic carbocycles. The van der Waals surface area contributed by atoms with E-state index >= 15 is 0 Å². The molecule has 0 unspecified atom stereocenters. The van der Waals surface area contributed by atoms with Gasteiger partial charge >= 0.3 is 0 Å². The summed E-state index contributed by atoms with van der Waals surface area (Å²) in [5, 5.41) is 3.30. The van der Waals surface area contributed by atoms with Crippen molar-refractivity contribution in [2.24, 2.45) is 7.05 Å². The molecular formula is C20H20N4O2S3. The number of ether oxygens (including phenoxy) is 1. The highest BCUT2D eigenvalue weighted by Gasteiger charge is 2.17. The number of methoxy groups -OCH3 is 1. The third-order valence-corrected chi connectivity index (χ3v) is 7.46. The maximum atomic E-state index is 13.2. The summed E-state index contributed by atoms with van der Waals surface area (Å²) in [6.07, 6.45) is 0.670. The Morgan fingerprint density at radius 3 is 2.79 bits per heavy atom. The molecule has 0 atom stereocenters. The fourth-order valence-corrected chi connectivity index (χ4v) is 5.52. The quantitative estimate of drug-likeness (QED) is 0.409. The Morgan fingerprint density at radius 1 is 1.21 bits per heavy atom. The Bertz CT molecular complexity index is 1240. The average molecular weight is 445 g/mol. The molecule has 0 radical (unpaired) electrons. The Balaban J connectivity index is 1.71. The van der Waals surface area contributed by atoms with Crippen LogP contribution in [-0.2, 0) is 18.2 Å². The normalized spacial score (nSPS) is 11.4. The Morgan fingerprint density at radius 2 is 2.03 bits per heavy atom. The van der Waals surface area contributed by atoms with Crippen molar-refractivity contribution in [2.45, 2.75) is 29.8 Å². The molecule has 0 aliphatic rings. The van der Waals surface area contributed by atoms with Crippen molar-refractivity contribution in [3.63, 3.8) is 0 Å². The van der Waals surface area contributed by atoms with Crippen molar-refractivity contribution in [3.8, 4) is 11.1 Å². The number of hydrogen-bond acceptors (Lipinski definition) is 8. The second kappa shape index (κ2) is 8.35. The number of aromatic nitrogens is 4. The van der Waals surface area contributed by atoms with Crippen LogP contribution in [0.4, 0.5) is 0 Å². The Hall–Kier alpha value is -2.07. The monoisotopic (exact) mass is 444 g/mol. The van der Waals surface area contributed by atoms with Crippen LogP contribution in [0.2, 0.25) is 0 Å². The van der Waals surface area contributed by atoms with E-state index in [4.69, 9.17) is 9.72 Å². The van der Waals surface area contributed by atoms with E-state index in [1.165, 1.54) is 45.8 Å². The second-order valence-corrected chi connectivity index (χ2v) is 9.53. The van der Waals surface area contributed by atoms with Gasteiger partial charge in [0.25, 0.3) is 5.56 Å². The lowest BCUT2D eigenvalue weighted by Crippen LogP contribution is -2.19. The van der Waals surface area contributed by atoms with Gasteiger partial charge in [-0.3, -0.25) is 9.36 Å². The van der Waals surface area contributed by atoms with Crippen molar-refractivity contribution < 1.29 is 4.74 Å². The lowest BCUT2D eigenvalue weighted by Gasteiger charge is -2.07. The lowest BCUT2D eigenvalue weighted by atomic mass is 10.0. The maximum Gasteiger partial charge on any atom is 0.263 e. The smallest absolute Gasteiger partial charge is 0.263 e. The predicted octanol–water partition coefficient (Wildman–Crippen LogP) is 4.47. The molecule has 9 heteroatoms. The van der Waals surface area contributed by atoms with Gasteiger partial charge in [-0.25, -0.2) is 9.97 Å². The lowest BCUT2D eigenvalue weighted by molar-refractivity contribution is 0.200. The van der Waals surface area contributed by atoms with Crippen molar-refractivity contribution >= 4 is 44.8 Å². The molecule has 29 heavy (non-hydrogen) atoms. The number of thiophene rings is 1. The number of nitrogens with zero attached hydrogens (tertiary/aromatic N) is 4. The van der Waals surface area contributed by atoms with Gasteiger partial charge in [0.1, 0.15) is 10.7 Å². The van der Waals surface area contributed by atoms with Gasteiger partial charge in [-0.15, -0.1) is 11.3 Å². The van der Waals surface area contributed by atoms with Crippen molar-refractivity contribution in [2.75, 3.05) is 13.7 Å². The van der Waals surface area contributed by atoms with Gasteiger partial charge in [0.15, 0.2) is 9.50 Å². The molecule has 0 fully saturated rings. The SMILES string of the molecule is COCCc1nsc(Sc2nc3scc(-c4ccc(C)c(C)c4)c3c(=O)n2C)n1. The van der Waals surface area contributed by atoms with Crippen molar-refractivity contribution in [3.05, 3.63) is 50.9 Å². The zero-order chi connectivity index (χ0) is 20.5. The molecule has 0 bridgehead atoms. The zero-order valence-corrected chi connectivity index (χ0v) is 19.0. The topological polar surface area (TPSA) is 69.9 Å². The van der Waals surface area contributed by atoms with Crippen LogP contribution in [0.5, 0.6) is 0 Å². The van der Waals surface area contributed by atoms with E-state index in [2.05, 4.69) is 41.4 Å². The molecule has 0 saturated heterocycles. The third-order valence-electron chi connectivity index (χ3n) is 4.75.